The summed E-state index contributed by atoms with van der Waals surface area (Å²) in [5.74, 6) is -6.95. The molecule has 2 aliphatic carbocycles. The molecule has 1 aromatic carbocycles. The van der Waals surface area contributed by atoms with Crippen molar-refractivity contribution in [2.75, 3.05) is 42.1 Å². The number of nitrogens with one attached hydrogen (secondary N) is 4. The number of carbonyl (C=O) groups is 4. The first-order chi connectivity index (χ1) is 30.4. The predicted molar refractivity (Wildman–Crippen MR) is 219 cm³/mol. The molecule has 0 bridgehead atoms. The Kier molecular flexibility index (Phi) is 11.7. The maximum Gasteiger partial charge on any atom is 0.327 e. The zero-order valence-electron chi connectivity index (χ0n) is 34.1. The largest absolute Gasteiger partial charge is 0.444 e. The highest BCUT2D eigenvalue weighted by molar-refractivity contribution is 6.06. The molecule has 63 heavy (non-hydrogen) atoms. The average molecular weight is 875 g/mol. The molecule has 4 aliphatic rings. The fraction of sp³-hybridized carbons (Fsp3) is 0.488. The fourth-order valence-electron chi connectivity index (χ4n) is 8.89. The summed E-state index contributed by atoms with van der Waals surface area (Å²) < 4.78 is 72.1. The zero-order chi connectivity index (χ0) is 43.8. The van der Waals surface area contributed by atoms with Crippen LogP contribution in [0.5, 0.6) is 0 Å². The molecular weight excluding hydrogens is 829 g/mol. The Morgan fingerprint density at radius 2 is 1.73 bits per heavy atom. The SMILES string of the molecule is O=C1CCC(c2noc3c(NC(=O)C(F)(F)C4CCN(CC5CCC(n6cc(NC(=O)c7coc(-c8ccnc(NCC9CC9)c8)n7)c(C(F)F)n6)CC5)CC4)cccc23)C(=O)N1. The Hall–Kier alpha value is -6.18. The van der Waals surface area contributed by atoms with Crippen LogP contribution in [0.15, 0.2) is 57.9 Å². The summed E-state index contributed by atoms with van der Waals surface area (Å²) in [6, 6.07) is 7.89. The molecule has 0 spiro atoms. The van der Waals surface area contributed by atoms with Gasteiger partial charge in [0.2, 0.25) is 17.7 Å². The lowest BCUT2D eigenvalue weighted by atomic mass is 9.84. The van der Waals surface area contributed by atoms with Gasteiger partial charge in [0, 0.05) is 48.8 Å². The smallest absolute Gasteiger partial charge is 0.327 e. The number of amides is 4. The molecule has 20 heteroatoms. The number of para-hydroxylation sites is 1. The molecule has 2 saturated carbocycles. The number of halogens is 4. The number of hydrogen-bond donors (Lipinski definition) is 4. The summed E-state index contributed by atoms with van der Waals surface area (Å²) in [4.78, 5) is 61.0. The first-order valence-electron chi connectivity index (χ1n) is 21.4. The van der Waals surface area contributed by atoms with Crippen LogP contribution in [0.3, 0.4) is 0 Å². The highest BCUT2D eigenvalue weighted by atomic mass is 19.3. The van der Waals surface area contributed by atoms with Crippen molar-refractivity contribution in [3.8, 4) is 11.5 Å². The molecule has 2 saturated heterocycles. The first-order valence-corrected chi connectivity index (χ1v) is 21.4. The Balaban J connectivity index is 0.751. The van der Waals surface area contributed by atoms with Gasteiger partial charge < -0.3 is 29.8 Å². The number of carbonyl (C=O) groups excluding carboxylic acids is 4. The van der Waals surface area contributed by atoms with E-state index >= 15 is 8.78 Å². The number of oxazole rings is 1. The van der Waals surface area contributed by atoms with Gasteiger partial charge in [0.05, 0.1) is 23.3 Å². The van der Waals surface area contributed by atoms with Gasteiger partial charge in [0.15, 0.2) is 17.0 Å². The lowest BCUT2D eigenvalue weighted by Crippen LogP contribution is -2.47. The fourth-order valence-corrected chi connectivity index (χ4v) is 8.89. The second-order valence-corrected chi connectivity index (χ2v) is 17.0. The number of aromatic nitrogens is 5. The summed E-state index contributed by atoms with van der Waals surface area (Å²) in [7, 11) is 0. The van der Waals surface area contributed by atoms with Gasteiger partial charge in [-0.2, -0.15) is 13.9 Å². The molecule has 9 rings (SSSR count). The summed E-state index contributed by atoms with van der Waals surface area (Å²) in [5, 5.41) is 19.0. The Morgan fingerprint density at radius 3 is 2.48 bits per heavy atom. The van der Waals surface area contributed by atoms with Gasteiger partial charge in [-0.3, -0.25) is 29.2 Å². The molecule has 6 heterocycles. The van der Waals surface area contributed by atoms with Crippen molar-refractivity contribution in [3.05, 3.63) is 66.1 Å². The molecular formula is C43H46F4N10O6. The van der Waals surface area contributed by atoms with Crippen molar-refractivity contribution in [1.82, 2.24) is 35.1 Å². The van der Waals surface area contributed by atoms with E-state index in [0.717, 1.165) is 19.4 Å². The molecule has 5 aromatic rings. The van der Waals surface area contributed by atoms with E-state index in [1.54, 1.807) is 30.5 Å². The van der Waals surface area contributed by atoms with Gasteiger partial charge in [-0.15, -0.1) is 0 Å². The van der Waals surface area contributed by atoms with Gasteiger partial charge in [0.25, 0.3) is 18.2 Å². The minimum absolute atomic E-state index is 0.00522. The van der Waals surface area contributed by atoms with Crippen LogP contribution in [0.2, 0.25) is 0 Å². The van der Waals surface area contributed by atoms with E-state index in [2.05, 4.69) is 46.4 Å². The predicted octanol–water partition coefficient (Wildman–Crippen LogP) is 7.32. The van der Waals surface area contributed by atoms with Gasteiger partial charge in [-0.1, -0.05) is 11.2 Å². The highest BCUT2D eigenvalue weighted by Crippen LogP contribution is 2.40. The van der Waals surface area contributed by atoms with Crippen LogP contribution in [0, 0.1) is 17.8 Å². The topological polar surface area (TPSA) is 202 Å². The second kappa shape index (κ2) is 17.5. The van der Waals surface area contributed by atoms with Gasteiger partial charge >= 0.3 is 5.92 Å². The molecule has 4 fully saturated rings. The summed E-state index contributed by atoms with van der Waals surface area (Å²) in [6.45, 7) is 2.27. The third-order valence-electron chi connectivity index (χ3n) is 12.7. The zero-order valence-corrected chi connectivity index (χ0v) is 34.1. The minimum atomic E-state index is -3.67. The number of alkyl halides is 4. The quantitative estimate of drug-likeness (QED) is 0.0641. The van der Waals surface area contributed by atoms with Gasteiger partial charge in [0.1, 0.15) is 17.8 Å². The van der Waals surface area contributed by atoms with Crippen LogP contribution in [-0.4, -0.2) is 85.5 Å². The van der Waals surface area contributed by atoms with E-state index in [4.69, 9.17) is 8.94 Å². The van der Waals surface area contributed by atoms with E-state index in [1.807, 2.05) is 0 Å². The lowest BCUT2D eigenvalue weighted by molar-refractivity contribution is -0.151. The third-order valence-corrected chi connectivity index (χ3v) is 12.7. The normalized spacial score (nSPS) is 21.4. The monoisotopic (exact) mass is 874 g/mol. The maximum atomic E-state index is 15.7. The highest BCUT2D eigenvalue weighted by Gasteiger charge is 2.48. The number of piperidine rings is 2. The molecule has 4 N–H and O–H groups in total. The Morgan fingerprint density at radius 1 is 0.952 bits per heavy atom. The van der Waals surface area contributed by atoms with E-state index in [1.165, 1.54) is 36.0 Å². The van der Waals surface area contributed by atoms with Crippen molar-refractivity contribution >= 4 is 51.8 Å². The number of likely N-dealkylation sites (tertiary alicyclic amines) is 1. The number of hydrogen-bond acceptors (Lipinski definition) is 12. The maximum absolute atomic E-state index is 15.7. The molecule has 1 unspecified atom stereocenters. The van der Waals surface area contributed by atoms with Crippen molar-refractivity contribution in [2.45, 2.75) is 88.5 Å². The number of anilines is 3. The van der Waals surface area contributed by atoms with Crippen molar-refractivity contribution in [2.24, 2.45) is 17.8 Å². The molecule has 1 atom stereocenters. The minimum Gasteiger partial charge on any atom is -0.444 e. The Bertz CT molecular complexity index is 2500. The summed E-state index contributed by atoms with van der Waals surface area (Å²) in [6.07, 6.45) is 7.06. The molecule has 332 valence electrons. The van der Waals surface area contributed by atoms with Crippen molar-refractivity contribution in [3.63, 3.8) is 0 Å². The van der Waals surface area contributed by atoms with E-state index in [9.17, 15) is 28.0 Å². The van der Waals surface area contributed by atoms with Gasteiger partial charge in [-0.25, -0.2) is 18.7 Å². The number of rotatable bonds is 14. The average Bonchev–Trinajstić information content (AvgIpc) is 3.59. The summed E-state index contributed by atoms with van der Waals surface area (Å²) >= 11 is 0. The number of benzene rings is 1. The second-order valence-electron chi connectivity index (χ2n) is 17.0. The molecule has 4 aromatic heterocycles. The van der Waals surface area contributed by atoms with Crippen molar-refractivity contribution < 1.29 is 45.7 Å². The molecule has 4 amide bonds. The lowest BCUT2D eigenvalue weighted by Gasteiger charge is -2.38. The first kappa shape index (κ1) is 42.1. The molecule has 0 radical (unpaired) electrons. The van der Waals surface area contributed by atoms with E-state index in [-0.39, 0.29) is 77.8 Å². The van der Waals surface area contributed by atoms with Crippen LogP contribution in [0.25, 0.3) is 22.4 Å². The van der Waals surface area contributed by atoms with Gasteiger partial charge in [-0.05, 0) is 107 Å². The molecule has 16 nitrogen and oxygen atoms in total. The van der Waals surface area contributed by atoms with Crippen LogP contribution < -0.4 is 21.3 Å². The number of pyridine rings is 1. The molecule has 2 aliphatic heterocycles. The third kappa shape index (κ3) is 9.17. The van der Waals surface area contributed by atoms with Crippen LogP contribution >= 0.6 is 0 Å². The Labute approximate surface area is 357 Å². The number of fused-ring (bicyclic) bond motifs is 1. The number of nitrogens with zero attached hydrogens (tertiary/aromatic N) is 6. The van der Waals surface area contributed by atoms with E-state index < -0.39 is 47.6 Å². The van der Waals surface area contributed by atoms with Crippen LogP contribution in [0.1, 0.15) is 104 Å². The van der Waals surface area contributed by atoms with Crippen LogP contribution in [-0.2, 0) is 14.4 Å². The number of imide groups is 1. The van der Waals surface area contributed by atoms with E-state index in [0.29, 0.717) is 55.2 Å². The standard InChI is InChI=1S/C43H46F4N10O6/c44-38(45)36-31(50-40(60)32-22-62-41(51-32)25-12-15-48-33(18-25)49-19-23-4-5-23)21-57(54-36)27-8-6-24(7-9-27)20-56-16-13-26(14-17-56)43(46,47)42(61)52-30-3-1-2-28-35(55-63-37(28)30)29-10-11-34(58)53-39(29)59/h1-3,12,15,18,21-24,26-27,29,38H,4-11,13-14,16-17,19-20H2,(H,48,49)(H,50,60)(H,52,61)(H,53,58,59). The van der Waals surface area contributed by atoms with Crippen molar-refractivity contribution in [1.29, 1.82) is 0 Å². The van der Waals surface area contributed by atoms with Crippen LogP contribution in [0.4, 0.5) is 34.8 Å². The summed E-state index contributed by atoms with van der Waals surface area (Å²) in [5.41, 5.74) is 0.201.